The zero-order valence-electron chi connectivity index (χ0n) is 15.4. The summed E-state index contributed by atoms with van der Waals surface area (Å²) in [5.41, 5.74) is 2.34. The molecule has 0 aromatic heterocycles. The first kappa shape index (κ1) is 19.3. The van der Waals surface area contributed by atoms with Gasteiger partial charge in [-0.25, -0.2) is 9.18 Å². The largest absolute Gasteiger partial charge is 0.465 e. The first-order valence-electron chi connectivity index (χ1n) is 8.64. The van der Waals surface area contributed by atoms with Crippen LogP contribution in [0.3, 0.4) is 0 Å². The second-order valence-electron chi connectivity index (χ2n) is 6.45. The average molecular weight is 382 g/mol. The smallest absolute Gasteiger partial charge is 0.337 e. The third kappa shape index (κ3) is 4.09. The highest BCUT2D eigenvalue weighted by Gasteiger charge is 2.29. The minimum absolute atomic E-state index is 0.0316. The van der Waals surface area contributed by atoms with Crippen molar-refractivity contribution in [3.63, 3.8) is 0 Å². The van der Waals surface area contributed by atoms with E-state index in [1.54, 1.807) is 25.1 Å². The molecule has 0 bridgehead atoms. The highest BCUT2D eigenvalue weighted by molar-refractivity contribution is 6.07. The van der Waals surface area contributed by atoms with E-state index in [1.807, 2.05) is 0 Å². The number of hydrogen-bond donors (Lipinski definition) is 2. The van der Waals surface area contributed by atoms with Crippen molar-refractivity contribution in [2.45, 2.75) is 19.3 Å². The molecular formula is C21H19FN2O4. The fourth-order valence-electron chi connectivity index (χ4n) is 3.05. The molecule has 1 heterocycles. The normalized spacial score (nSPS) is 16.0. The van der Waals surface area contributed by atoms with Crippen LogP contribution in [0.15, 0.2) is 54.2 Å². The maximum Gasteiger partial charge on any atom is 0.337 e. The van der Waals surface area contributed by atoms with E-state index in [1.165, 1.54) is 37.6 Å². The van der Waals surface area contributed by atoms with Crippen LogP contribution in [0.4, 0.5) is 10.1 Å². The van der Waals surface area contributed by atoms with Crippen molar-refractivity contribution < 1.29 is 23.5 Å². The van der Waals surface area contributed by atoms with Gasteiger partial charge in [0.1, 0.15) is 5.82 Å². The van der Waals surface area contributed by atoms with Gasteiger partial charge in [-0.2, -0.15) is 0 Å². The predicted molar refractivity (Wildman–Crippen MR) is 101 cm³/mol. The molecule has 2 aromatic rings. The zero-order valence-corrected chi connectivity index (χ0v) is 15.4. The molecule has 6 nitrogen and oxygen atoms in total. The fourth-order valence-corrected chi connectivity index (χ4v) is 3.05. The van der Waals surface area contributed by atoms with Gasteiger partial charge in [0.15, 0.2) is 0 Å². The van der Waals surface area contributed by atoms with Crippen LogP contribution in [0.1, 0.15) is 33.8 Å². The second kappa shape index (κ2) is 8.04. The number of ether oxygens (including phenoxy) is 1. The van der Waals surface area contributed by atoms with Gasteiger partial charge in [-0.15, -0.1) is 0 Å². The molecule has 2 N–H and O–H groups in total. The molecule has 0 aliphatic carbocycles. The number of carbonyl (C=O) groups is 3. The number of esters is 1. The van der Waals surface area contributed by atoms with E-state index in [-0.39, 0.29) is 12.3 Å². The Labute approximate surface area is 161 Å². The summed E-state index contributed by atoms with van der Waals surface area (Å²) in [6, 6.07) is 10.7. The summed E-state index contributed by atoms with van der Waals surface area (Å²) in [4.78, 5) is 36.5. The molecule has 7 heteroatoms. The Balaban J connectivity index is 1.90. The van der Waals surface area contributed by atoms with Gasteiger partial charge < -0.3 is 15.4 Å². The van der Waals surface area contributed by atoms with Gasteiger partial charge >= 0.3 is 5.97 Å². The summed E-state index contributed by atoms with van der Waals surface area (Å²) < 4.78 is 18.3. The van der Waals surface area contributed by atoms with Gasteiger partial charge in [0.2, 0.25) is 5.91 Å². The van der Waals surface area contributed by atoms with Crippen molar-refractivity contribution in [1.82, 2.24) is 5.32 Å². The highest BCUT2D eigenvalue weighted by Crippen LogP contribution is 2.31. The molecule has 0 saturated heterocycles. The van der Waals surface area contributed by atoms with Crippen molar-refractivity contribution in [1.29, 1.82) is 0 Å². The standard InChI is InChI=1S/C21H19FN2O4/c1-12-6-7-14(21(27)28-2)9-18(12)24-20(26)17-11-23-19(25)10-16(17)13-4-3-5-15(22)8-13/h3-9,11,16H,10H2,1-2H3,(H,23,25)(H,24,26). The first-order valence-corrected chi connectivity index (χ1v) is 8.64. The lowest BCUT2D eigenvalue weighted by Crippen LogP contribution is -2.32. The van der Waals surface area contributed by atoms with Crippen LogP contribution in [0.5, 0.6) is 0 Å². The zero-order chi connectivity index (χ0) is 20.3. The van der Waals surface area contributed by atoms with Gasteiger partial charge in [-0.05, 0) is 42.3 Å². The van der Waals surface area contributed by atoms with Crippen molar-refractivity contribution in [3.8, 4) is 0 Å². The van der Waals surface area contributed by atoms with Crippen molar-refractivity contribution >= 4 is 23.5 Å². The number of amides is 2. The molecule has 2 amide bonds. The van der Waals surface area contributed by atoms with Crippen LogP contribution >= 0.6 is 0 Å². The van der Waals surface area contributed by atoms with Crippen molar-refractivity contribution in [3.05, 3.63) is 76.7 Å². The topological polar surface area (TPSA) is 84.5 Å². The van der Waals surface area contributed by atoms with Gasteiger partial charge in [-0.3, -0.25) is 9.59 Å². The van der Waals surface area contributed by atoms with Crippen LogP contribution in [0.2, 0.25) is 0 Å². The molecule has 1 unspecified atom stereocenters. The molecule has 1 aliphatic heterocycles. The molecule has 0 saturated carbocycles. The Kier molecular flexibility index (Phi) is 5.54. The van der Waals surface area contributed by atoms with Crippen LogP contribution in [-0.2, 0) is 14.3 Å². The highest BCUT2D eigenvalue weighted by atomic mass is 19.1. The maximum absolute atomic E-state index is 13.6. The van der Waals surface area contributed by atoms with Gasteiger partial charge in [0.25, 0.3) is 5.91 Å². The summed E-state index contributed by atoms with van der Waals surface area (Å²) in [6.07, 6.45) is 1.38. The summed E-state index contributed by atoms with van der Waals surface area (Å²) in [7, 11) is 1.28. The summed E-state index contributed by atoms with van der Waals surface area (Å²) in [5, 5.41) is 5.31. The van der Waals surface area contributed by atoms with Crippen LogP contribution < -0.4 is 10.6 Å². The Hall–Kier alpha value is -3.48. The molecule has 0 spiro atoms. The van der Waals surface area contributed by atoms with Crippen LogP contribution in [-0.4, -0.2) is 24.9 Å². The van der Waals surface area contributed by atoms with Gasteiger partial charge in [0, 0.05) is 29.8 Å². The third-order valence-electron chi connectivity index (χ3n) is 4.57. The number of anilines is 1. The number of methoxy groups -OCH3 is 1. The number of carbonyl (C=O) groups excluding carboxylic acids is 3. The molecule has 0 radical (unpaired) electrons. The number of nitrogens with one attached hydrogen (secondary N) is 2. The monoisotopic (exact) mass is 382 g/mol. The Bertz CT molecular complexity index is 984. The lowest BCUT2D eigenvalue weighted by atomic mass is 9.86. The number of rotatable bonds is 4. The maximum atomic E-state index is 13.6. The van der Waals surface area contributed by atoms with E-state index in [0.29, 0.717) is 22.4 Å². The molecule has 1 atom stereocenters. The van der Waals surface area contributed by atoms with E-state index in [9.17, 15) is 18.8 Å². The SMILES string of the molecule is COC(=O)c1ccc(C)c(NC(=O)C2=CNC(=O)CC2c2cccc(F)c2)c1. The number of hydrogen-bond acceptors (Lipinski definition) is 4. The van der Waals surface area contributed by atoms with E-state index < -0.39 is 23.6 Å². The summed E-state index contributed by atoms with van der Waals surface area (Å²) >= 11 is 0. The molecule has 0 fully saturated rings. The summed E-state index contributed by atoms with van der Waals surface area (Å²) in [6.45, 7) is 1.79. The van der Waals surface area contributed by atoms with E-state index in [4.69, 9.17) is 4.74 Å². The predicted octanol–water partition coefficient (Wildman–Crippen LogP) is 3.05. The molecular weight excluding hydrogens is 363 g/mol. The summed E-state index contributed by atoms with van der Waals surface area (Å²) in [5.74, 6) is -2.23. The lowest BCUT2D eigenvalue weighted by molar-refractivity contribution is -0.121. The molecule has 1 aliphatic rings. The minimum Gasteiger partial charge on any atom is -0.465 e. The number of aryl methyl sites for hydroxylation is 1. The number of halogens is 1. The average Bonchev–Trinajstić information content (AvgIpc) is 2.68. The number of benzene rings is 2. The molecule has 28 heavy (non-hydrogen) atoms. The molecule has 3 rings (SSSR count). The molecule has 144 valence electrons. The van der Waals surface area contributed by atoms with Crippen LogP contribution in [0.25, 0.3) is 0 Å². The minimum atomic E-state index is -0.575. The van der Waals surface area contributed by atoms with Gasteiger partial charge in [0.05, 0.1) is 12.7 Å². The quantitative estimate of drug-likeness (QED) is 0.796. The Morgan fingerprint density at radius 2 is 2.00 bits per heavy atom. The Morgan fingerprint density at radius 3 is 2.71 bits per heavy atom. The first-order chi connectivity index (χ1) is 13.4. The molecule has 2 aromatic carbocycles. The Morgan fingerprint density at radius 1 is 1.21 bits per heavy atom. The second-order valence-corrected chi connectivity index (χ2v) is 6.45. The van der Waals surface area contributed by atoms with Crippen LogP contribution in [0, 0.1) is 12.7 Å². The fraction of sp³-hybridized carbons (Fsp3) is 0.190. The third-order valence-corrected chi connectivity index (χ3v) is 4.57. The van der Waals surface area contributed by atoms with Crippen molar-refractivity contribution in [2.75, 3.05) is 12.4 Å². The van der Waals surface area contributed by atoms with E-state index >= 15 is 0 Å². The lowest BCUT2D eigenvalue weighted by Gasteiger charge is -2.24. The van der Waals surface area contributed by atoms with E-state index in [0.717, 1.165) is 5.56 Å². The van der Waals surface area contributed by atoms with Gasteiger partial charge in [-0.1, -0.05) is 18.2 Å². The van der Waals surface area contributed by atoms with Crippen molar-refractivity contribution in [2.24, 2.45) is 0 Å². The van der Waals surface area contributed by atoms with E-state index in [2.05, 4.69) is 10.6 Å².